The van der Waals surface area contributed by atoms with E-state index in [1.807, 2.05) is 4.90 Å². The predicted octanol–water partition coefficient (Wildman–Crippen LogP) is 3.49. The number of carbonyl (C=O) groups is 1. The van der Waals surface area contributed by atoms with Gasteiger partial charge in [-0.2, -0.15) is 0 Å². The molecular formula is C19H28ClFN2O2. The normalized spacial score (nSPS) is 21.0. The number of nitrogens with zero attached hydrogens (tertiary/aromatic N) is 2. The van der Waals surface area contributed by atoms with Crippen LogP contribution in [0.5, 0.6) is 5.75 Å². The maximum Gasteiger partial charge on any atom is 0.260 e. The first-order chi connectivity index (χ1) is 11.7. The first kappa shape index (κ1) is 20.0. The summed E-state index contributed by atoms with van der Waals surface area (Å²) < 4.78 is 18.4. The highest BCUT2D eigenvalue weighted by Crippen LogP contribution is 2.21. The zero-order valence-corrected chi connectivity index (χ0v) is 15.5. The topological polar surface area (TPSA) is 32.8 Å². The van der Waals surface area contributed by atoms with Gasteiger partial charge in [0.1, 0.15) is 11.6 Å². The Morgan fingerprint density at radius 3 is 2.48 bits per heavy atom. The van der Waals surface area contributed by atoms with Crippen LogP contribution in [0.4, 0.5) is 4.39 Å². The number of likely N-dealkylation sites (tertiary alicyclic amines) is 2. The van der Waals surface area contributed by atoms with E-state index in [1.165, 1.54) is 44.5 Å². The summed E-state index contributed by atoms with van der Waals surface area (Å²) in [6.07, 6.45) is 7.03. The number of hydrogen-bond acceptors (Lipinski definition) is 3. The van der Waals surface area contributed by atoms with Crippen molar-refractivity contribution in [3.63, 3.8) is 0 Å². The molecule has 2 heterocycles. The molecule has 0 aromatic heterocycles. The molecule has 6 heteroatoms. The van der Waals surface area contributed by atoms with Crippen LogP contribution in [-0.4, -0.2) is 54.5 Å². The van der Waals surface area contributed by atoms with Crippen LogP contribution in [0.1, 0.15) is 38.5 Å². The van der Waals surface area contributed by atoms with E-state index in [1.54, 1.807) is 12.1 Å². The smallest absolute Gasteiger partial charge is 0.260 e. The summed E-state index contributed by atoms with van der Waals surface area (Å²) >= 11 is 0. The van der Waals surface area contributed by atoms with Gasteiger partial charge in [-0.05, 0) is 75.9 Å². The van der Waals surface area contributed by atoms with Gasteiger partial charge in [-0.3, -0.25) is 4.79 Å². The summed E-state index contributed by atoms with van der Waals surface area (Å²) in [5.74, 6) is 0.285. The minimum absolute atomic E-state index is 0. The summed E-state index contributed by atoms with van der Waals surface area (Å²) in [5.41, 5.74) is 0. The maximum absolute atomic E-state index is 12.9. The van der Waals surface area contributed by atoms with Crippen LogP contribution in [0.25, 0.3) is 0 Å². The number of benzene rings is 1. The summed E-state index contributed by atoms with van der Waals surface area (Å²) in [5, 5.41) is 0. The molecule has 1 aromatic carbocycles. The summed E-state index contributed by atoms with van der Waals surface area (Å²) in [6, 6.07) is 6.15. The molecule has 1 unspecified atom stereocenters. The van der Waals surface area contributed by atoms with Gasteiger partial charge < -0.3 is 14.5 Å². The molecule has 3 rings (SSSR count). The van der Waals surface area contributed by atoms with Crippen LogP contribution >= 0.6 is 12.4 Å². The van der Waals surface area contributed by atoms with Gasteiger partial charge in [0.05, 0.1) is 0 Å². The van der Waals surface area contributed by atoms with Gasteiger partial charge in [-0.1, -0.05) is 0 Å². The Balaban J connectivity index is 0.00000225. The summed E-state index contributed by atoms with van der Waals surface area (Å²) in [7, 11) is 0. The van der Waals surface area contributed by atoms with E-state index < -0.39 is 0 Å². The van der Waals surface area contributed by atoms with Gasteiger partial charge in [0, 0.05) is 19.1 Å². The fourth-order valence-corrected chi connectivity index (χ4v) is 3.73. The fraction of sp³-hybridized carbons (Fsp3) is 0.632. The third kappa shape index (κ3) is 5.86. The molecule has 140 valence electrons. The van der Waals surface area contributed by atoms with E-state index in [-0.39, 0.29) is 30.7 Å². The van der Waals surface area contributed by atoms with Gasteiger partial charge in [0.15, 0.2) is 6.61 Å². The molecule has 4 nitrogen and oxygen atoms in total. The van der Waals surface area contributed by atoms with Crippen molar-refractivity contribution in [2.24, 2.45) is 0 Å². The monoisotopic (exact) mass is 370 g/mol. The van der Waals surface area contributed by atoms with Crippen LogP contribution < -0.4 is 4.74 Å². The summed E-state index contributed by atoms with van der Waals surface area (Å²) in [4.78, 5) is 17.1. The molecule has 2 aliphatic rings. The Hall–Kier alpha value is -1.33. The van der Waals surface area contributed by atoms with Crippen molar-refractivity contribution in [1.82, 2.24) is 9.80 Å². The number of carbonyl (C=O) groups excluding carboxylic acids is 1. The van der Waals surface area contributed by atoms with Gasteiger partial charge in [-0.25, -0.2) is 4.39 Å². The number of halogens is 2. The average molecular weight is 371 g/mol. The first-order valence-electron chi connectivity index (χ1n) is 9.12. The number of piperidine rings is 1. The fourth-order valence-electron chi connectivity index (χ4n) is 3.73. The maximum atomic E-state index is 12.9. The molecular weight excluding hydrogens is 343 g/mol. The average Bonchev–Trinajstić information content (AvgIpc) is 3.13. The van der Waals surface area contributed by atoms with Crippen molar-refractivity contribution in [2.45, 2.75) is 44.6 Å². The largest absolute Gasteiger partial charge is 0.484 e. The number of hydrogen-bond donors (Lipinski definition) is 0. The van der Waals surface area contributed by atoms with Crippen LogP contribution in [0.15, 0.2) is 24.3 Å². The lowest BCUT2D eigenvalue weighted by molar-refractivity contribution is -0.137. The highest BCUT2D eigenvalue weighted by atomic mass is 35.5. The molecule has 25 heavy (non-hydrogen) atoms. The van der Waals surface area contributed by atoms with Crippen molar-refractivity contribution in [2.75, 3.05) is 32.8 Å². The Bertz CT molecular complexity index is 535. The third-order valence-corrected chi connectivity index (χ3v) is 5.10. The van der Waals surface area contributed by atoms with E-state index in [9.17, 15) is 9.18 Å². The number of rotatable bonds is 6. The Kier molecular flexibility index (Phi) is 7.97. The van der Waals surface area contributed by atoms with E-state index in [0.717, 1.165) is 32.4 Å². The second-order valence-electron chi connectivity index (χ2n) is 6.82. The highest BCUT2D eigenvalue weighted by Gasteiger charge is 2.27. The van der Waals surface area contributed by atoms with Gasteiger partial charge in [0.25, 0.3) is 5.91 Å². The standard InChI is InChI=1S/C19H27FN2O2.ClH/c20-16-6-8-18(9-7-16)24-15-19(23)22-13-2-1-5-17(22)10-14-21-11-3-4-12-21;/h6-9,17H,1-5,10-15H2;1H. The summed E-state index contributed by atoms with van der Waals surface area (Å²) in [6.45, 7) is 4.36. The second kappa shape index (κ2) is 9.97. The minimum Gasteiger partial charge on any atom is -0.484 e. The number of amides is 1. The van der Waals surface area contributed by atoms with E-state index >= 15 is 0 Å². The van der Waals surface area contributed by atoms with Crippen LogP contribution in [0.2, 0.25) is 0 Å². The molecule has 2 saturated heterocycles. The quantitative estimate of drug-likeness (QED) is 0.768. The van der Waals surface area contributed by atoms with Crippen LogP contribution in [-0.2, 0) is 4.79 Å². The molecule has 0 N–H and O–H groups in total. The van der Waals surface area contributed by atoms with Gasteiger partial charge in [-0.15, -0.1) is 12.4 Å². The van der Waals surface area contributed by atoms with E-state index in [4.69, 9.17) is 4.74 Å². The van der Waals surface area contributed by atoms with E-state index in [0.29, 0.717) is 11.8 Å². The Morgan fingerprint density at radius 1 is 1.08 bits per heavy atom. The zero-order valence-electron chi connectivity index (χ0n) is 14.7. The molecule has 0 saturated carbocycles. The lowest BCUT2D eigenvalue weighted by atomic mass is 9.99. The van der Waals surface area contributed by atoms with Gasteiger partial charge >= 0.3 is 0 Å². The molecule has 0 bridgehead atoms. The molecule has 1 aromatic rings. The Labute approximate surface area is 155 Å². The second-order valence-corrected chi connectivity index (χ2v) is 6.82. The van der Waals surface area contributed by atoms with Crippen LogP contribution in [0.3, 0.4) is 0 Å². The lowest BCUT2D eigenvalue weighted by Gasteiger charge is -2.36. The molecule has 1 amide bonds. The third-order valence-electron chi connectivity index (χ3n) is 5.10. The number of ether oxygens (including phenoxy) is 1. The SMILES string of the molecule is Cl.O=C(COc1ccc(F)cc1)N1CCCCC1CCN1CCCC1. The highest BCUT2D eigenvalue weighted by molar-refractivity contribution is 5.85. The minimum atomic E-state index is -0.299. The molecule has 0 spiro atoms. The van der Waals surface area contributed by atoms with E-state index in [2.05, 4.69) is 4.90 Å². The predicted molar refractivity (Wildman–Crippen MR) is 98.8 cm³/mol. The van der Waals surface area contributed by atoms with Crippen molar-refractivity contribution >= 4 is 18.3 Å². The van der Waals surface area contributed by atoms with Crippen molar-refractivity contribution in [3.05, 3.63) is 30.1 Å². The first-order valence-corrected chi connectivity index (χ1v) is 9.12. The Morgan fingerprint density at radius 2 is 1.76 bits per heavy atom. The van der Waals surface area contributed by atoms with Crippen LogP contribution in [0, 0.1) is 5.82 Å². The molecule has 1 atom stereocenters. The van der Waals surface area contributed by atoms with Crippen molar-refractivity contribution in [3.8, 4) is 5.75 Å². The van der Waals surface area contributed by atoms with Gasteiger partial charge in [0.2, 0.25) is 0 Å². The molecule has 0 radical (unpaired) electrons. The van der Waals surface area contributed by atoms with Crippen molar-refractivity contribution in [1.29, 1.82) is 0 Å². The lowest BCUT2D eigenvalue weighted by Crippen LogP contribution is -2.47. The molecule has 2 fully saturated rings. The van der Waals surface area contributed by atoms with Crippen molar-refractivity contribution < 1.29 is 13.9 Å². The molecule has 2 aliphatic heterocycles. The zero-order chi connectivity index (χ0) is 16.8. The molecule has 0 aliphatic carbocycles.